The van der Waals surface area contributed by atoms with Crippen molar-refractivity contribution in [3.05, 3.63) is 32.5 Å². The molecule has 0 radical (unpaired) electrons. The number of aliphatic hydroxyl groups excluding tert-OH is 5. The Labute approximate surface area is 413 Å². The predicted molar refractivity (Wildman–Crippen MR) is 245 cm³/mol. The molecule has 296 valence electrons. The van der Waals surface area contributed by atoms with E-state index in [9.17, 15) is 44.1 Å². The third kappa shape index (κ3) is 17.3. The van der Waals surface area contributed by atoms with E-state index in [1.807, 2.05) is 136 Å². The van der Waals surface area contributed by atoms with Gasteiger partial charge in [-0.25, -0.2) is 9.59 Å². The molecule has 12 N–H and O–H groups in total. The normalized spacial score (nSPS) is 12.4. The average molecular weight is 1450 g/mol. The summed E-state index contributed by atoms with van der Waals surface area (Å²) < 4.78 is 2.88. The molecule has 4 amide bonds. The molecule has 25 heteroatoms. The van der Waals surface area contributed by atoms with Crippen molar-refractivity contribution in [1.29, 1.82) is 0 Å². The quantitative estimate of drug-likeness (QED) is 0.0975. The molecule has 0 aromatic heterocycles. The number of carboxylic acid groups (broad SMARTS) is 2. The second-order valence-electron chi connectivity index (χ2n) is 10.3. The first-order chi connectivity index (χ1) is 24.4. The maximum Gasteiger partial charge on any atom is 1.00 e. The summed E-state index contributed by atoms with van der Waals surface area (Å²) in [4.78, 5) is 67.8. The van der Waals surface area contributed by atoms with Gasteiger partial charge in [-0.1, -0.05) is 0 Å². The third-order valence-corrected chi connectivity index (χ3v) is 12.5. The van der Waals surface area contributed by atoms with Crippen LogP contribution >= 0.6 is 136 Å². The number of likely N-dealkylation sites (N-methyl/N-ethyl adjacent to an activating group) is 1. The molecule has 0 unspecified atom stereocenters. The van der Waals surface area contributed by atoms with Crippen molar-refractivity contribution in [3.63, 3.8) is 0 Å². The van der Waals surface area contributed by atoms with E-state index in [1.54, 1.807) is 7.05 Å². The first-order valence-corrected chi connectivity index (χ1v) is 20.8. The minimum Gasteiger partial charge on any atom is -0.478 e. The molecule has 0 fully saturated rings. The van der Waals surface area contributed by atoms with Gasteiger partial charge in [0, 0.05) is 34.2 Å². The summed E-state index contributed by atoms with van der Waals surface area (Å²) in [5.74, 6) is -3.49. The van der Waals surface area contributed by atoms with E-state index in [0.717, 1.165) is 0 Å². The molecular weight excluding hydrogens is 1410 g/mol. The van der Waals surface area contributed by atoms with Gasteiger partial charge < -0.3 is 62.3 Å². The van der Waals surface area contributed by atoms with Crippen LogP contribution in [0.2, 0.25) is 0 Å². The monoisotopic (exact) mass is 1450 g/mol. The van der Waals surface area contributed by atoms with Crippen LogP contribution in [0.4, 0.5) is 22.7 Å². The fourth-order valence-corrected chi connectivity index (χ4v) is 12.1. The molecule has 18 nitrogen and oxygen atoms in total. The van der Waals surface area contributed by atoms with E-state index in [1.165, 1.54) is 27.7 Å². The first kappa shape index (κ1) is 56.5. The van der Waals surface area contributed by atoms with Gasteiger partial charge in [-0.15, -0.1) is 0 Å². The van der Waals surface area contributed by atoms with Gasteiger partial charge in [-0.3, -0.25) is 19.2 Å². The number of carbonyl (C=O) groups excluding carboxylic acids is 4. The van der Waals surface area contributed by atoms with Gasteiger partial charge in [0.2, 0.25) is 23.6 Å². The molecule has 4 atom stereocenters. The van der Waals surface area contributed by atoms with Crippen LogP contribution in [0.5, 0.6) is 0 Å². The summed E-state index contributed by atoms with van der Waals surface area (Å²) in [6, 6.07) is 0. The molecule has 2 aromatic carbocycles. The number of aliphatic hydroxyl groups is 5. The molecule has 0 saturated heterocycles. The number of aromatic carboxylic acids is 2. The van der Waals surface area contributed by atoms with Gasteiger partial charge in [0.15, 0.2) is 0 Å². The van der Waals surface area contributed by atoms with Crippen molar-refractivity contribution in [2.45, 2.75) is 52.1 Å². The van der Waals surface area contributed by atoms with Crippen molar-refractivity contribution in [2.75, 3.05) is 41.5 Å². The number of rotatable bonds is 12. The molecule has 2 aromatic rings. The zero-order chi connectivity index (χ0) is 41.7. The summed E-state index contributed by atoms with van der Waals surface area (Å²) >= 11 is 11.4. The van der Waals surface area contributed by atoms with Gasteiger partial charge >= 0.3 is 41.5 Å². The Bertz CT molecular complexity index is 1530. The minimum atomic E-state index is -1.55. The number of nitrogens with one attached hydrogen (secondary N) is 5. The molecule has 0 heterocycles. The Morgan fingerprint density at radius 2 is 0.759 bits per heavy atom. The average Bonchev–Trinajstić information content (AvgIpc) is 3.04. The SMILES string of the molecule is CC(=O)Nc1c(I)c(NC(C)=O)c(I)c(C(=O)O)c1I.CC(=O)Nc1c(I)c(NC(C)=O)c(I)c(C(=O)O)c1I.CNC[C@H](O)[C@@H](O)[C@H](O)[C@H](O)CO.[Na+]. The summed E-state index contributed by atoms with van der Waals surface area (Å²) in [5, 5.41) is 76.5. The van der Waals surface area contributed by atoms with E-state index in [4.69, 9.17) is 20.4 Å². The van der Waals surface area contributed by atoms with E-state index >= 15 is 0 Å². The number of hydrogen-bond donors (Lipinski definition) is 12. The van der Waals surface area contributed by atoms with Crippen LogP contribution in [-0.2, 0) is 19.2 Å². The van der Waals surface area contributed by atoms with Crippen molar-refractivity contribution >= 4 is 194 Å². The largest absolute Gasteiger partial charge is 1.00 e. The van der Waals surface area contributed by atoms with Crippen molar-refractivity contribution in [1.82, 2.24) is 5.32 Å². The van der Waals surface area contributed by atoms with Crippen LogP contribution in [0.15, 0.2) is 0 Å². The number of halogens is 6. The fourth-order valence-electron chi connectivity index (χ4n) is 3.74. The maximum absolute atomic E-state index is 11.4. The van der Waals surface area contributed by atoms with Crippen LogP contribution in [0.25, 0.3) is 0 Å². The molecule has 0 saturated carbocycles. The van der Waals surface area contributed by atoms with Gasteiger partial charge in [-0.2, -0.15) is 0 Å². The molecule has 2 rings (SSSR count). The molecule has 0 aliphatic heterocycles. The van der Waals surface area contributed by atoms with Crippen molar-refractivity contribution < 1.29 is 94.1 Å². The summed E-state index contributed by atoms with van der Waals surface area (Å²) in [6.45, 7) is 4.78. The second kappa shape index (κ2) is 27.2. The number of hydrogen-bond acceptors (Lipinski definition) is 12. The van der Waals surface area contributed by atoms with Gasteiger partial charge in [0.05, 0.1) is 68.0 Å². The summed E-state index contributed by atoms with van der Waals surface area (Å²) in [6.07, 6.45) is -5.65. The van der Waals surface area contributed by atoms with Crippen LogP contribution in [0.3, 0.4) is 0 Å². The van der Waals surface area contributed by atoms with E-state index in [2.05, 4.69) is 26.6 Å². The van der Waals surface area contributed by atoms with Gasteiger partial charge in [0.1, 0.15) is 18.3 Å². The number of amides is 4. The molecular formula is C29H35I6N5NaO13+. The molecule has 0 aliphatic carbocycles. The number of carbonyl (C=O) groups is 6. The zero-order valence-electron chi connectivity index (χ0n) is 29.1. The Morgan fingerprint density at radius 1 is 0.519 bits per heavy atom. The van der Waals surface area contributed by atoms with E-state index in [0.29, 0.717) is 44.2 Å². The van der Waals surface area contributed by atoms with Crippen LogP contribution in [0, 0.1) is 21.4 Å². The molecule has 0 aliphatic rings. The van der Waals surface area contributed by atoms with Gasteiger partial charge in [0.25, 0.3) is 0 Å². The Kier molecular flexibility index (Phi) is 28.5. The van der Waals surface area contributed by atoms with E-state index in [-0.39, 0.29) is 70.9 Å². The number of benzene rings is 2. The summed E-state index contributed by atoms with van der Waals surface area (Å²) in [5.41, 5.74) is 1.67. The smallest absolute Gasteiger partial charge is 0.478 e. The first-order valence-electron chi connectivity index (χ1n) is 14.3. The Morgan fingerprint density at radius 3 is 0.944 bits per heavy atom. The zero-order valence-corrected chi connectivity index (χ0v) is 44.0. The van der Waals surface area contributed by atoms with Crippen LogP contribution in [0.1, 0.15) is 48.4 Å². The van der Waals surface area contributed by atoms with E-state index < -0.39 is 43.0 Å². The fraction of sp³-hybridized carbons (Fsp3) is 0.379. The van der Waals surface area contributed by atoms with Crippen LogP contribution in [-0.4, -0.2) is 116 Å². The van der Waals surface area contributed by atoms with Gasteiger partial charge in [-0.05, 0) is 143 Å². The molecule has 54 heavy (non-hydrogen) atoms. The third-order valence-electron chi connectivity index (χ3n) is 6.00. The molecule has 0 bridgehead atoms. The van der Waals surface area contributed by atoms with Crippen molar-refractivity contribution in [2.24, 2.45) is 0 Å². The Balaban J connectivity index is 0. The number of carboxylic acids is 2. The topological polar surface area (TPSA) is 304 Å². The van der Waals surface area contributed by atoms with Crippen LogP contribution < -0.4 is 56.1 Å². The maximum atomic E-state index is 11.4. The minimum absolute atomic E-state index is 0. The number of anilines is 4. The Hall–Kier alpha value is 0.400. The summed E-state index contributed by atoms with van der Waals surface area (Å²) in [7, 11) is 1.57. The molecule has 0 spiro atoms. The standard InChI is InChI=1S/2C11H9I3N2O4.C7H17NO5.Na/c2*1-3(17)15-9-6(12)5(11(19)20)7(13)10(8(9)14)16-4(2)18;1-8-2-4(10)6(12)7(13)5(11)3-9;/h2*1-2H3,(H,15,17)(H,16,18)(H,19,20);4-13H,2-3H2,1H3;/q;;;+1/t;;4-,5+,6+,7+;/m..0./s1. The second-order valence-corrected chi connectivity index (χ2v) is 16.8. The van der Waals surface area contributed by atoms with Crippen molar-refractivity contribution in [3.8, 4) is 0 Å². The predicted octanol–water partition coefficient (Wildman–Crippen LogP) is -0.123.